The van der Waals surface area contributed by atoms with Crippen LogP contribution in [0.2, 0.25) is 0 Å². The van der Waals surface area contributed by atoms with E-state index in [-0.39, 0.29) is 12.3 Å². The third-order valence-corrected chi connectivity index (χ3v) is 2.89. The second-order valence-electron chi connectivity index (χ2n) is 3.90. The van der Waals surface area contributed by atoms with Gasteiger partial charge in [0.15, 0.2) is 0 Å². The van der Waals surface area contributed by atoms with Gasteiger partial charge in [0, 0.05) is 17.5 Å². The van der Waals surface area contributed by atoms with Crippen molar-refractivity contribution in [1.29, 1.82) is 0 Å². The summed E-state index contributed by atoms with van der Waals surface area (Å²) in [5.74, 6) is 0.476. The Labute approximate surface area is 99.5 Å². The van der Waals surface area contributed by atoms with E-state index in [4.69, 9.17) is 14.6 Å². The van der Waals surface area contributed by atoms with Crippen LogP contribution in [-0.4, -0.2) is 25.3 Å². The fraction of sp³-hybridized carbons (Fsp3) is 0.308. The number of allylic oxidation sites excluding steroid dienone is 1. The molecular formula is C13H14O4. The number of methoxy groups -OCH3 is 2. The van der Waals surface area contributed by atoms with Gasteiger partial charge < -0.3 is 14.6 Å². The maximum Gasteiger partial charge on any atom is 0.304 e. The smallest absolute Gasteiger partial charge is 0.304 e. The summed E-state index contributed by atoms with van der Waals surface area (Å²) in [6.45, 7) is 0. The number of fused-ring (bicyclic) bond motifs is 1. The first-order chi connectivity index (χ1) is 8.15. The fourth-order valence-corrected chi connectivity index (χ4v) is 2.08. The van der Waals surface area contributed by atoms with Crippen LogP contribution in [0.5, 0.6) is 11.5 Å². The van der Waals surface area contributed by atoms with Crippen LogP contribution < -0.4 is 9.47 Å². The molecule has 0 fully saturated rings. The molecule has 0 amide bonds. The number of carbonyl (C=O) groups is 1. The summed E-state index contributed by atoms with van der Waals surface area (Å²) in [7, 11) is 3.17. The zero-order valence-corrected chi connectivity index (χ0v) is 9.77. The molecule has 4 heteroatoms. The van der Waals surface area contributed by atoms with Gasteiger partial charge in [0.25, 0.3) is 0 Å². The number of carboxylic acids is 1. The first-order valence-electron chi connectivity index (χ1n) is 5.31. The predicted molar refractivity (Wildman–Crippen MR) is 63.6 cm³/mol. The number of hydrogen-bond acceptors (Lipinski definition) is 3. The Morgan fingerprint density at radius 3 is 2.71 bits per heavy atom. The molecule has 2 rings (SSSR count). The molecule has 0 heterocycles. The lowest BCUT2D eigenvalue weighted by molar-refractivity contribution is -0.137. The summed E-state index contributed by atoms with van der Waals surface area (Å²) in [5.41, 5.74) is 1.89. The van der Waals surface area contributed by atoms with Gasteiger partial charge in [0.1, 0.15) is 11.5 Å². The maximum absolute atomic E-state index is 10.8. The summed E-state index contributed by atoms with van der Waals surface area (Å²) < 4.78 is 10.5. The van der Waals surface area contributed by atoms with Crippen LogP contribution >= 0.6 is 0 Å². The van der Waals surface area contributed by atoms with Gasteiger partial charge >= 0.3 is 5.97 Å². The average Bonchev–Trinajstić information content (AvgIpc) is 2.70. The van der Waals surface area contributed by atoms with E-state index < -0.39 is 5.97 Å². The van der Waals surface area contributed by atoms with Crippen molar-refractivity contribution in [2.24, 2.45) is 0 Å². The van der Waals surface area contributed by atoms with Crippen molar-refractivity contribution in [2.45, 2.75) is 12.3 Å². The van der Waals surface area contributed by atoms with E-state index >= 15 is 0 Å². The van der Waals surface area contributed by atoms with Gasteiger partial charge in [-0.15, -0.1) is 0 Å². The minimum absolute atomic E-state index is 0.0832. The van der Waals surface area contributed by atoms with Gasteiger partial charge in [-0.25, -0.2) is 0 Å². The zero-order valence-electron chi connectivity index (χ0n) is 9.77. The van der Waals surface area contributed by atoms with Crippen LogP contribution in [0.1, 0.15) is 23.5 Å². The second kappa shape index (κ2) is 4.49. The maximum atomic E-state index is 10.8. The third-order valence-electron chi connectivity index (χ3n) is 2.89. The predicted octanol–water partition coefficient (Wildman–Crippen LogP) is 2.29. The largest absolute Gasteiger partial charge is 0.497 e. The molecule has 0 radical (unpaired) electrons. The Bertz CT molecular complexity index is 477. The molecule has 4 nitrogen and oxygen atoms in total. The minimum atomic E-state index is -0.811. The van der Waals surface area contributed by atoms with E-state index in [1.165, 1.54) is 0 Å². The van der Waals surface area contributed by atoms with Crippen molar-refractivity contribution in [3.05, 3.63) is 29.3 Å². The fourth-order valence-electron chi connectivity index (χ4n) is 2.08. The van der Waals surface area contributed by atoms with E-state index in [2.05, 4.69) is 0 Å². The molecule has 1 aromatic rings. The number of hydrogen-bond donors (Lipinski definition) is 1. The van der Waals surface area contributed by atoms with E-state index in [0.29, 0.717) is 11.5 Å². The van der Waals surface area contributed by atoms with E-state index in [0.717, 1.165) is 11.1 Å². The Hall–Kier alpha value is -1.97. The summed E-state index contributed by atoms with van der Waals surface area (Å²) in [5, 5.41) is 8.86. The Kier molecular flexibility index (Phi) is 3.04. The molecule has 0 aliphatic heterocycles. The molecule has 1 aliphatic rings. The molecule has 0 saturated carbocycles. The molecule has 17 heavy (non-hydrogen) atoms. The Morgan fingerprint density at radius 2 is 2.12 bits per heavy atom. The lowest BCUT2D eigenvalue weighted by Gasteiger charge is -2.13. The van der Waals surface area contributed by atoms with Gasteiger partial charge in [-0.05, 0) is 11.6 Å². The summed E-state index contributed by atoms with van der Waals surface area (Å²) in [6, 6.07) is 3.66. The molecule has 0 saturated heterocycles. The van der Waals surface area contributed by atoms with E-state index in [9.17, 15) is 4.79 Å². The first kappa shape index (κ1) is 11.5. The summed E-state index contributed by atoms with van der Waals surface area (Å²) in [6.07, 6.45) is 3.88. The standard InChI is InChI=1S/C13H14O4/c1-16-9-6-11-8(5-13(14)15)3-4-10(11)12(7-9)17-2/h3-4,6-8H,5H2,1-2H3,(H,14,15). The summed E-state index contributed by atoms with van der Waals surface area (Å²) >= 11 is 0. The number of carboxylic acid groups (broad SMARTS) is 1. The van der Waals surface area contributed by atoms with Gasteiger partial charge in [0.2, 0.25) is 0 Å². The Morgan fingerprint density at radius 1 is 1.35 bits per heavy atom. The monoisotopic (exact) mass is 234 g/mol. The molecule has 0 bridgehead atoms. The van der Waals surface area contributed by atoms with Crippen LogP contribution in [0.3, 0.4) is 0 Å². The molecule has 90 valence electrons. The molecule has 1 aromatic carbocycles. The second-order valence-corrected chi connectivity index (χ2v) is 3.90. The van der Waals surface area contributed by atoms with Crippen molar-refractivity contribution in [1.82, 2.24) is 0 Å². The van der Waals surface area contributed by atoms with Crippen molar-refractivity contribution in [3.8, 4) is 11.5 Å². The van der Waals surface area contributed by atoms with Gasteiger partial charge in [-0.3, -0.25) is 4.79 Å². The molecule has 1 N–H and O–H groups in total. The SMILES string of the molecule is COc1cc(OC)c2c(c1)C(CC(=O)O)C=C2. The molecule has 1 unspecified atom stereocenters. The van der Waals surface area contributed by atoms with Crippen LogP contribution in [0.25, 0.3) is 6.08 Å². The Balaban J connectivity index is 2.43. The van der Waals surface area contributed by atoms with Crippen LogP contribution in [0.4, 0.5) is 0 Å². The molecule has 0 spiro atoms. The van der Waals surface area contributed by atoms with Crippen LogP contribution in [0.15, 0.2) is 18.2 Å². The van der Waals surface area contributed by atoms with Gasteiger partial charge in [-0.1, -0.05) is 12.2 Å². The normalized spacial score (nSPS) is 16.7. The van der Waals surface area contributed by atoms with E-state index in [1.54, 1.807) is 20.3 Å². The highest BCUT2D eigenvalue weighted by Gasteiger charge is 2.23. The topological polar surface area (TPSA) is 55.8 Å². The summed E-state index contributed by atoms with van der Waals surface area (Å²) in [4.78, 5) is 10.8. The van der Waals surface area contributed by atoms with Crippen molar-refractivity contribution in [3.63, 3.8) is 0 Å². The van der Waals surface area contributed by atoms with Gasteiger partial charge in [-0.2, -0.15) is 0 Å². The van der Waals surface area contributed by atoms with Gasteiger partial charge in [0.05, 0.1) is 20.6 Å². The van der Waals surface area contributed by atoms with Crippen molar-refractivity contribution < 1.29 is 19.4 Å². The highest BCUT2D eigenvalue weighted by atomic mass is 16.5. The number of benzene rings is 1. The number of aliphatic carboxylic acids is 1. The quantitative estimate of drug-likeness (QED) is 0.868. The molecule has 0 aromatic heterocycles. The lowest BCUT2D eigenvalue weighted by atomic mass is 9.97. The molecule has 1 aliphatic carbocycles. The van der Waals surface area contributed by atoms with Crippen molar-refractivity contribution in [2.75, 3.05) is 14.2 Å². The minimum Gasteiger partial charge on any atom is -0.497 e. The van der Waals surface area contributed by atoms with Crippen LogP contribution in [-0.2, 0) is 4.79 Å². The zero-order chi connectivity index (χ0) is 12.4. The number of rotatable bonds is 4. The lowest BCUT2D eigenvalue weighted by Crippen LogP contribution is -2.03. The molecule has 1 atom stereocenters. The highest BCUT2D eigenvalue weighted by molar-refractivity contribution is 5.75. The van der Waals surface area contributed by atoms with E-state index in [1.807, 2.05) is 18.2 Å². The average molecular weight is 234 g/mol. The van der Waals surface area contributed by atoms with Crippen molar-refractivity contribution >= 4 is 12.0 Å². The highest BCUT2D eigenvalue weighted by Crippen LogP contribution is 2.40. The number of ether oxygens (including phenoxy) is 2. The molecular weight excluding hydrogens is 220 g/mol. The first-order valence-corrected chi connectivity index (χ1v) is 5.31. The van der Waals surface area contributed by atoms with Crippen LogP contribution in [0, 0.1) is 0 Å². The third kappa shape index (κ3) is 2.11.